The molecule has 0 fully saturated rings. The molecule has 15 heavy (non-hydrogen) atoms. The Morgan fingerprint density at radius 2 is 2.40 bits per heavy atom. The van der Waals surface area contributed by atoms with Gasteiger partial charge in [0.1, 0.15) is 5.76 Å². The summed E-state index contributed by atoms with van der Waals surface area (Å²) < 4.78 is 7.60. The summed E-state index contributed by atoms with van der Waals surface area (Å²) in [4.78, 5) is 0. The standard InChI is InChI=1S/C9H12N4OS/c1-3-4-13-8(11-12-9(13)15)7-5-10-14-6(7)2/h5H,3-4H2,1-2H3,(H,12,15). The highest BCUT2D eigenvalue weighted by Gasteiger charge is 2.13. The quantitative estimate of drug-likeness (QED) is 0.813. The summed E-state index contributed by atoms with van der Waals surface area (Å²) in [6.45, 7) is 4.80. The maximum atomic E-state index is 5.15. The Morgan fingerprint density at radius 1 is 1.60 bits per heavy atom. The molecule has 0 aliphatic carbocycles. The largest absolute Gasteiger partial charge is 0.361 e. The monoisotopic (exact) mass is 224 g/mol. The fourth-order valence-electron chi connectivity index (χ4n) is 1.47. The molecule has 0 radical (unpaired) electrons. The Balaban J connectivity index is 2.54. The number of aromatic amines is 1. The normalized spacial score (nSPS) is 10.8. The highest BCUT2D eigenvalue weighted by Crippen LogP contribution is 2.20. The summed E-state index contributed by atoms with van der Waals surface area (Å²) in [6.07, 6.45) is 2.66. The molecule has 2 rings (SSSR count). The summed E-state index contributed by atoms with van der Waals surface area (Å²) in [6, 6.07) is 0. The van der Waals surface area contributed by atoms with Crippen molar-refractivity contribution in [3.63, 3.8) is 0 Å². The van der Waals surface area contributed by atoms with Crippen LogP contribution in [-0.4, -0.2) is 19.9 Å². The van der Waals surface area contributed by atoms with Crippen LogP contribution in [0, 0.1) is 11.7 Å². The molecule has 0 aromatic carbocycles. The van der Waals surface area contributed by atoms with E-state index >= 15 is 0 Å². The molecule has 0 atom stereocenters. The minimum atomic E-state index is 0.632. The second-order valence-electron chi connectivity index (χ2n) is 3.30. The molecule has 1 N–H and O–H groups in total. The predicted molar refractivity (Wildman–Crippen MR) is 57.9 cm³/mol. The van der Waals surface area contributed by atoms with Crippen molar-refractivity contribution in [1.82, 2.24) is 19.9 Å². The molecule has 0 unspecified atom stereocenters. The third kappa shape index (κ3) is 1.72. The molecule has 80 valence electrons. The summed E-state index contributed by atoms with van der Waals surface area (Å²) >= 11 is 5.15. The van der Waals surface area contributed by atoms with Crippen molar-refractivity contribution >= 4 is 12.2 Å². The van der Waals surface area contributed by atoms with E-state index in [2.05, 4.69) is 22.3 Å². The third-order valence-corrected chi connectivity index (χ3v) is 2.51. The maximum absolute atomic E-state index is 5.15. The summed E-state index contributed by atoms with van der Waals surface area (Å²) in [5.74, 6) is 1.54. The number of nitrogens with zero attached hydrogens (tertiary/aromatic N) is 3. The molecule has 6 heteroatoms. The van der Waals surface area contributed by atoms with Gasteiger partial charge in [-0.25, -0.2) is 0 Å². The van der Waals surface area contributed by atoms with E-state index < -0.39 is 0 Å². The zero-order valence-electron chi connectivity index (χ0n) is 8.65. The molecule has 5 nitrogen and oxygen atoms in total. The number of H-pyrrole nitrogens is 1. The minimum Gasteiger partial charge on any atom is -0.361 e. The fraction of sp³-hybridized carbons (Fsp3) is 0.444. The van der Waals surface area contributed by atoms with Crippen LogP contribution in [0.1, 0.15) is 19.1 Å². The van der Waals surface area contributed by atoms with E-state index in [0.717, 1.165) is 30.1 Å². The molecule has 0 saturated carbocycles. The lowest BCUT2D eigenvalue weighted by atomic mass is 10.2. The smallest absolute Gasteiger partial charge is 0.195 e. The fourth-order valence-corrected chi connectivity index (χ4v) is 1.69. The van der Waals surface area contributed by atoms with E-state index in [9.17, 15) is 0 Å². The van der Waals surface area contributed by atoms with Crippen molar-refractivity contribution < 1.29 is 4.52 Å². The van der Waals surface area contributed by atoms with Gasteiger partial charge in [0.15, 0.2) is 10.6 Å². The highest BCUT2D eigenvalue weighted by molar-refractivity contribution is 7.71. The Labute approximate surface area is 92.1 Å². The van der Waals surface area contributed by atoms with Crippen LogP contribution in [0.4, 0.5) is 0 Å². The number of rotatable bonds is 3. The lowest BCUT2D eigenvalue weighted by Gasteiger charge is -2.02. The zero-order chi connectivity index (χ0) is 10.8. The first-order chi connectivity index (χ1) is 7.24. The first kappa shape index (κ1) is 10.1. The van der Waals surface area contributed by atoms with E-state index in [4.69, 9.17) is 16.7 Å². The Bertz CT molecular complexity index is 510. The van der Waals surface area contributed by atoms with Gasteiger partial charge < -0.3 is 9.09 Å². The van der Waals surface area contributed by atoms with Crippen LogP contribution >= 0.6 is 12.2 Å². The van der Waals surface area contributed by atoms with Crippen molar-refractivity contribution in [2.24, 2.45) is 0 Å². The van der Waals surface area contributed by atoms with Crippen LogP contribution in [0.2, 0.25) is 0 Å². The van der Waals surface area contributed by atoms with Gasteiger partial charge >= 0.3 is 0 Å². The topological polar surface area (TPSA) is 59.6 Å². The van der Waals surface area contributed by atoms with E-state index in [1.807, 2.05) is 11.5 Å². The molecular weight excluding hydrogens is 212 g/mol. The Hall–Kier alpha value is -1.43. The molecule has 2 aromatic heterocycles. The van der Waals surface area contributed by atoms with E-state index in [1.54, 1.807) is 6.20 Å². The van der Waals surface area contributed by atoms with Gasteiger partial charge in [-0.05, 0) is 25.6 Å². The Morgan fingerprint density at radius 3 is 3.00 bits per heavy atom. The van der Waals surface area contributed by atoms with Crippen molar-refractivity contribution in [3.05, 3.63) is 16.7 Å². The average molecular weight is 224 g/mol. The molecular formula is C9H12N4OS. The lowest BCUT2D eigenvalue weighted by molar-refractivity contribution is 0.397. The SMILES string of the molecule is CCCn1c(-c2cnoc2C)n[nH]c1=S. The van der Waals surface area contributed by atoms with Gasteiger partial charge in [-0.15, -0.1) is 0 Å². The number of aryl methyl sites for hydroxylation is 1. The molecule has 0 spiro atoms. The first-order valence-corrected chi connectivity index (χ1v) is 5.21. The second-order valence-corrected chi connectivity index (χ2v) is 3.69. The summed E-state index contributed by atoms with van der Waals surface area (Å²) in [5, 5.41) is 10.7. The highest BCUT2D eigenvalue weighted by atomic mass is 32.1. The molecule has 0 saturated heterocycles. The van der Waals surface area contributed by atoms with Crippen LogP contribution in [0.3, 0.4) is 0 Å². The molecule has 2 heterocycles. The zero-order valence-corrected chi connectivity index (χ0v) is 9.47. The van der Waals surface area contributed by atoms with Gasteiger partial charge in [0.05, 0.1) is 11.8 Å². The second kappa shape index (κ2) is 3.98. The van der Waals surface area contributed by atoms with Crippen molar-refractivity contribution in [2.45, 2.75) is 26.8 Å². The molecule has 0 aliphatic rings. The van der Waals surface area contributed by atoms with Crippen LogP contribution in [0.15, 0.2) is 10.7 Å². The first-order valence-electron chi connectivity index (χ1n) is 4.81. The van der Waals surface area contributed by atoms with E-state index in [1.165, 1.54) is 0 Å². The molecule has 0 amide bonds. The van der Waals surface area contributed by atoms with E-state index in [-0.39, 0.29) is 0 Å². The summed E-state index contributed by atoms with van der Waals surface area (Å²) in [5.41, 5.74) is 0.885. The Kier molecular flexibility index (Phi) is 2.68. The third-order valence-electron chi connectivity index (χ3n) is 2.20. The number of nitrogens with one attached hydrogen (secondary N) is 1. The van der Waals surface area contributed by atoms with Gasteiger partial charge in [0.2, 0.25) is 0 Å². The van der Waals surface area contributed by atoms with E-state index in [0.29, 0.717) is 4.77 Å². The minimum absolute atomic E-state index is 0.632. The van der Waals surface area contributed by atoms with Crippen molar-refractivity contribution in [3.8, 4) is 11.4 Å². The average Bonchev–Trinajstić information content (AvgIpc) is 2.76. The number of aromatic nitrogens is 4. The maximum Gasteiger partial charge on any atom is 0.195 e. The van der Waals surface area contributed by atoms with Gasteiger partial charge in [0, 0.05) is 6.54 Å². The van der Waals surface area contributed by atoms with Crippen LogP contribution < -0.4 is 0 Å². The number of hydrogen-bond acceptors (Lipinski definition) is 4. The molecule has 0 bridgehead atoms. The molecule has 2 aromatic rings. The van der Waals surface area contributed by atoms with Gasteiger partial charge in [-0.1, -0.05) is 12.1 Å². The van der Waals surface area contributed by atoms with Crippen LogP contribution in [0.5, 0.6) is 0 Å². The van der Waals surface area contributed by atoms with Crippen LogP contribution in [0.25, 0.3) is 11.4 Å². The van der Waals surface area contributed by atoms with Crippen molar-refractivity contribution in [1.29, 1.82) is 0 Å². The number of hydrogen-bond donors (Lipinski definition) is 1. The lowest BCUT2D eigenvalue weighted by Crippen LogP contribution is -1.99. The predicted octanol–water partition coefficient (Wildman–Crippen LogP) is 2.31. The molecule has 0 aliphatic heterocycles. The van der Waals surface area contributed by atoms with Gasteiger partial charge in [-0.3, -0.25) is 5.10 Å². The van der Waals surface area contributed by atoms with Gasteiger partial charge in [0.25, 0.3) is 0 Å². The summed E-state index contributed by atoms with van der Waals surface area (Å²) in [7, 11) is 0. The van der Waals surface area contributed by atoms with Gasteiger partial charge in [-0.2, -0.15) is 5.10 Å². The van der Waals surface area contributed by atoms with Crippen molar-refractivity contribution in [2.75, 3.05) is 0 Å². The van der Waals surface area contributed by atoms with Crippen LogP contribution in [-0.2, 0) is 6.54 Å².